The standard InChI is InChI=1S/C15H22BrClO2/c1-3-5-6-7-11(17)13-8-14-15(19-14)10(9-16)12(4-2)18-13/h1,10-15H,4-9H2,2H3/t10-,11?,12+,13-,14-,15+/m0/s1. The lowest BCUT2D eigenvalue weighted by atomic mass is 9.97. The van der Waals surface area contributed by atoms with E-state index < -0.39 is 0 Å². The maximum Gasteiger partial charge on any atom is 0.0903 e. The lowest BCUT2D eigenvalue weighted by molar-refractivity contribution is -0.0496. The van der Waals surface area contributed by atoms with E-state index in [1.165, 1.54) is 0 Å². The van der Waals surface area contributed by atoms with Crippen LogP contribution in [0.15, 0.2) is 0 Å². The summed E-state index contributed by atoms with van der Waals surface area (Å²) in [5.74, 6) is 3.11. The smallest absolute Gasteiger partial charge is 0.0903 e. The van der Waals surface area contributed by atoms with E-state index in [9.17, 15) is 0 Å². The zero-order chi connectivity index (χ0) is 13.8. The predicted octanol–water partition coefficient (Wildman–Crippen LogP) is 3.74. The summed E-state index contributed by atoms with van der Waals surface area (Å²) < 4.78 is 12.1. The van der Waals surface area contributed by atoms with Gasteiger partial charge in [0.1, 0.15) is 0 Å². The Kier molecular flexibility index (Phi) is 6.02. The lowest BCUT2D eigenvalue weighted by Crippen LogP contribution is -2.34. The number of hydrogen-bond acceptors (Lipinski definition) is 2. The summed E-state index contributed by atoms with van der Waals surface area (Å²) in [6.07, 6.45) is 10.9. The zero-order valence-electron chi connectivity index (χ0n) is 11.4. The fourth-order valence-electron chi connectivity index (χ4n) is 2.95. The van der Waals surface area contributed by atoms with Crippen LogP contribution in [0.25, 0.3) is 0 Å². The number of epoxide rings is 1. The Balaban J connectivity index is 1.93. The molecule has 0 aromatic carbocycles. The van der Waals surface area contributed by atoms with Crippen LogP contribution in [0.5, 0.6) is 0 Å². The molecule has 0 aliphatic carbocycles. The van der Waals surface area contributed by atoms with Crippen LogP contribution in [0.3, 0.4) is 0 Å². The largest absolute Gasteiger partial charge is 0.373 e. The van der Waals surface area contributed by atoms with Crippen LogP contribution in [0.1, 0.15) is 39.0 Å². The van der Waals surface area contributed by atoms with Crippen molar-refractivity contribution in [3.8, 4) is 12.3 Å². The zero-order valence-corrected chi connectivity index (χ0v) is 13.7. The van der Waals surface area contributed by atoms with E-state index in [2.05, 4.69) is 28.8 Å². The number of terminal acetylenes is 1. The van der Waals surface area contributed by atoms with Gasteiger partial charge in [-0.2, -0.15) is 0 Å². The van der Waals surface area contributed by atoms with Crippen molar-refractivity contribution in [1.29, 1.82) is 0 Å². The van der Waals surface area contributed by atoms with E-state index in [0.29, 0.717) is 18.1 Å². The van der Waals surface area contributed by atoms with Crippen molar-refractivity contribution in [3.05, 3.63) is 0 Å². The van der Waals surface area contributed by atoms with Gasteiger partial charge in [-0.15, -0.1) is 23.9 Å². The van der Waals surface area contributed by atoms with Gasteiger partial charge in [-0.05, 0) is 19.3 Å². The van der Waals surface area contributed by atoms with E-state index in [1.54, 1.807) is 0 Å². The predicted molar refractivity (Wildman–Crippen MR) is 81.8 cm³/mol. The maximum atomic E-state index is 6.50. The molecular weight excluding hydrogens is 328 g/mol. The summed E-state index contributed by atoms with van der Waals surface area (Å²) >= 11 is 10.1. The summed E-state index contributed by atoms with van der Waals surface area (Å²) in [6.45, 7) is 2.17. The Hall–Kier alpha value is 0.250. The maximum absolute atomic E-state index is 6.50. The number of halogens is 2. The summed E-state index contributed by atoms with van der Waals surface area (Å²) in [5.41, 5.74) is 0. The fourth-order valence-corrected chi connectivity index (χ4v) is 4.05. The van der Waals surface area contributed by atoms with Crippen LogP contribution in [0.4, 0.5) is 0 Å². The topological polar surface area (TPSA) is 21.8 Å². The highest BCUT2D eigenvalue weighted by Gasteiger charge is 2.51. The van der Waals surface area contributed by atoms with E-state index in [0.717, 1.165) is 37.4 Å². The van der Waals surface area contributed by atoms with Crippen LogP contribution in [0, 0.1) is 18.3 Å². The lowest BCUT2D eigenvalue weighted by Gasteiger charge is -2.29. The van der Waals surface area contributed by atoms with Crippen molar-refractivity contribution in [1.82, 2.24) is 0 Å². The first-order valence-electron chi connectivity index (χ1n) is 7.15. The van der Waals surface area contributed by atoms with Crippen LogP contribution in [-0.4, -0.2) is 35.1 Å². The van der Waals surface area contributed by atoms with Gasteiger partial charge in [-0.3, -0.25) is 0 Å². The highest BCUT2D eigenvalue weighted by atomic mass is 79.9. The Labute approximate surface area is 129 Å². The molecule has 0 N–H and O–H groups in total. The number of ether oxygens (including phenoxy) is 2. The molecule has 0 radical (unpaired) electrons. The molecule has 0 amide bonds. The van der Waals surface area contributed by atoms with E-state index in [-0.39, 0.29) is 17.6 Å². The molecular formula is C15H22BrClO2. The molecule has 0 bridgehead atoms. The summed E-state index contributed by atoms with van der Waals surface area (Å²) in [7, 11) is 0. The number of rotatable bonds is 6. The summed E-state index contributed by atoms with van der Waals surface area (Å²) in [5, 5.41) is 0.977. The SMILES string of the molecule is C#CCCCC(Cl)[C@@H]1C[C@@H]2O[C@@H]2[C@@H](CBr)[C@@H](CC)O1. The molecule has 0 saturated carbocycles. The second-order valence-corrected chi connectivity index (χ2v) is 6.63. The molecule has 1 unspecified atom stereocenters. The first-order valence-corrected chi connectivity index (χ1v) is 8.71. The van der Waals surface area contributed by atoms with Gasteiger partial charge in [-0.25, -0.2) is 0 Å². The van der Waals surface area contributed by atoms with Gasteiger partial charge in [0.15, 0.2) is 0 Å². The Bertz CT molecular complexity index is 331. The second kappa shape index (κ2) is 7.31. The average molecular weight is 350 g/mol. The number of unbranched alkanes of at least 4 members (excludes halogenated alkanes) is 1. The van der Waals surface area contributed by atoms with E-state index in [4.69, 9.17) is 27.5 Å². The molecule has 2 heterocycles. The molecule has 6 atom stereocenters. The van der Waals surface area contributed by atoms with Crippen LogP contribution in [0.2, 0.25) is 0 Å². The fraction of sp³-hybridized carbons (Fsp3) is 0.867. The third-order valence-corrected chi connectivity index (χ3v) is 5.37. The molecule has 2 nitrogen and oxygen atoms in total. The second-order valence-electron chi connectivity index (χ2n) is 5.43. The van der Waals surface area contributed by atoms with Crippen molar-refractivity contribution in [2.24, 2.45) is 5.92 Å². The normalized spacial score (nSPS) is 38.9. The van der Waals surface area contributed by atoms with Crippen molar-refractivity contribution in [2.75, 3.05) is 5.33 Å². The molecule has 19 heavy (non-hydrogen) atoms. The van der Waals surface area contributed by atoms with Crippen LogP contribution in [-0.2, 0) is 9.47 Å². The van der Waals surface area contributed by atoms with Crippen molar-refractivity contribution < 1.29 is 9.47 Å². The van der Waals surface area contributed by atoms with E-state index >= 15 is 0 Å². The van der Waals surface area contributed by atoms with Crippen molar-refractivity contribution in [3.63, 3.8) is 0 Å². The van der Waals surface area contributed by atoms with Crippen LogP contribution < -0.4 is 0 Å². The Morgan fingerprint density at radius 1 is 1.47 bits per heavy atom. The average Bonchev–Trinajstić information content (AvgIpc) is 3.16. The van der Waals surface area contributed by atoms with Crippen molar-refractivity contribution >= 4 is 27.5 Å². The third kappa shape index (κ3) is 3.88. The van der Waals surface area contributed by atoms with Crippen molar-refractivity contribution in [2.45, 2.75) is 68.8 Å². The first kappa shape index (κ1) is 15.6. The van der Waals surface area contributed by atoms with Gasteiger partial charge < -0.3 is 9.47 Å². The molecule has 2 rings (SSSR count). The minimum atomic E-state index is 0.0429. The molecule has 0 aromatic heterocycles. The number of hydrogen-bond donors (Lipinski definition) is 0. The van der Waals surface area contributed by atoms with Gasteiger partial charge in [-0.1, -0.05) is 22.9 Å². The minimum Gasteiger partial charge on any atom is -0.373 e. The first-order chi connectivity index (χ1) is 9.21. The van der Waals surface area contributed by atoms with Crippen LogP contribution >= 0.6 is 27.5 Å². The highest BCUT2D eigenvalue weighted by molar-refractivity contribution is 9.09. The molecule has 2 aliphatic heterocycles. The van der Waals surface area contributed by atoms with Gasteiger partial charge >= 0.3 is 0 Å². The summed E-state index contributed by atoms with van der Waals surface area (Å²) in [6, 6.07) is 0. The minimum absolute atomic E-state index is 0.0429. The molecule has 0 spiro atoms. The number of alkyl halides is 2. The molecule has 2 fully saturated rings. The third-order valence-electron chi connectivity index (χ3n) is 4.12. The number of fused-ring (bicyclic) bond motifs is 1. The molecule has 4 heteroatoms. The Morgan fingerprint density at radius 3 is 2.89 bits per heavy atom. The van der Waals surface area contributed by atoms with E-state index in [1.807, 2.05) is 0 Å². The van der Waals surface area contributed by atoms with Gasteiger partial charge in [0.2, 0.25) is 0 Å². The highest BCUT2D eigenvalue weighted by Crippen LogP contribution is 2.42. The molecule has 108 valence electrons. The molecule has 2 saturated heterocycles. The summed E-state index contributed by atoms with van der Waals surface area (Å²) in [4.78, 5) is 0. The van der Waals surface area contributed by atoms with Gasteiger partial charge in [0.05, 0.1) is 29.8 Å². The van der Waals surface area contributed by atoms with Gasteiger partial charge in [0, 0.05) is 24.1 Å². The molecule has 0 aromatic rings. The van der Waals surface area contributed by atoms with Gasteiger partial charge in [0.25, 0.3) is 0 Å². The monoisotopic (exact) mass is 348 g/mol. The molecule has 2 aliphatic rings. The Morgan fingerprint density at radius 2 is 2.26 bits per heavy atom. The quantitative estimate of drug-likeness (QED) is 0.315.